The molecule has 0 aliphatic carbocycles. The molecule has 0 aliphatic rings. The fraction of sp³-hybridized carbons (Fsp3) is 1.00. The Labute approximate surface area is 153 Å². The number of nitrogens with zero attached hydrogens (tertiary/aromatic N) is 5. The van der Waals surface area contributed by atoms with Crippen LogP contribution in [0.4, 0.5) is 0 Å². The molecule has 0 heterocycles. The molecule has 0 aromatic carbocycles. The molecule has 0 radical (unpaired) electrons. The van der Waals surface area contributed by atoms with Gasteiger partial charge in [-0.2, -0.15) is 28.2 Å². The van der Waals surface area contributed by atoms with E-state index in [-0.39, 0.29) is 25.8 Å². The Balaban J connectivity index is -0.000000177. The van der Waals surface area contributed by atoms with Crippen LogP contribution in [0, 0.1) is 0 Å². The van der Waals surface area contributed by atoms with E-state index in [4.69, 9.17) is 0 Å². The molecule has 6 heteroatoms. The summed E-state index contributed by atoms with van der Waals surface area (Å²) in [6.07, 6.45) is 0. The summed E-state index contributed by atoms with van der Waals surface area (Å²) in [7, 11) is 9.13. The van der Waals surface area contributed by atoms with Gasteiger partial charge in [-0.25, -0.2) is 0 Å². The first-order valence-electron chi connectivity index (χ1n) is 7.33. The molecule has 21 heavy (non-hydrogen) atoms. The summed E-state index contributed by atoms with van der Waals surface area (Å²) in [5, 5.41) is 15.9. The van der Waals surface area contributed by atoms with Crippen molar-refractivity contribution in [1.82, 2.24) is 4.90 Å². The summed E-state index contributed by atoms with van der Waals surface area (Å²) >= 11 is 0. The second kappa shape index (κ2) is 25.6. The fourth-order valence-corrected chi connectivity index (χ4v) is 1.09. The van der Waals surface area contributed by atoms with Gasteiger partial charge >= 0.3 is 25.8 Å². The summed E-state index contributed by atoms with van der Waals surface area (Å²) in [5.74, 6) is 0. The Kier molecular flexibility index (Phi) is 36.2. The van der Waals surface area contributed by atoms with Crippen LogP contribution in [-0.2, 0) is 25.8 Å². The third-order valence-corrected chi connectivity index (χ3v) is 1.95. The predicted molar refractivity (Wildman–Crippen MR) is 94.6 cm³/mol. The SMILES string of the molecule is CC(C)[N-]CCN(C)CC[N-]C(C)C.C[N-]C.C[N-]C.[Hf+4]. The Bertz CT molecular complexity index is 141. The van der Waals surface area contributed by atoms with E-state index in [0.29, 0.717) is 12.1 Å². The van der Waals surface area contributed by atoms with Crippen LogP contribution >= 0.6 is 0 Å². The van der Waals surface area contributed by atoms with Crippen molar-refractivity contribution in [3.8, 4) is 0 Å². The smallest absolute Gasteiger partial charge is 0.668 e. The maximum atomic E-state index is 4.44. The summed E-state index contributed by atoms with van der Waals surface area (Å²) in [5.41, 5.74) is 0. The minimum atomic E-state index is 0. The molecule has 0 amide bonds. The minimum absolute atomic E-state index is 0. The standard InChI is InChI=1S/C11H25N3.2C2H6N.Hf/c1-10(2)12-6-8-14(5)9-7-13-11(3)4;2*1-3-2;/h10-11H,6-9H2,1-5H3;2*1-2H3;/q-2;2*-1;+4. The zero-order valence-corrected chi connectivity index (χ0v) is 19.3. The summed E-state index contributed by atoms with van der Waals surface area (Å²) in [4.78, 5) is 2.29. The Morgan fingerprint density at radius 1 is 0.714 bits per heavy atom. The van der Waals surface area contributed by atoms with E-state index in [1.807, 2.05) is 0 Å². The van der Waals surface area contributed by atoms with E-state index in [1.165, 1.54) is 0 Å². The van der Waals surface area contributed by atoms with Crippen LogP contribution in [0.25, 0.3) is 21.3 Å². The summed E-state index contributed by atoms with van der Waals surface area (Å²) in [6, 6.07) is 0.924. The van der Waals surface area contributed by atoms with Gasteiger partial charge in [0, 0.05) is 0 Å². The molecule has 0 bridgehead atoms. The largest absolute Gasteiger partial charge is 4.00 e. The van der Waals surface area contributed by atoms with Gasteiger partial charge in [0.05, 0.1) is 0 Å². The van der Waals surface area contributed by atoms with Crippen molar-refractivity contribution in [1.29, 1.82) is 0 Å². The van der Waals surface area contributed by atoms with Crippen molar-refractivity contribution in [2.24, 2.45) is 0 Å². The van der Waals surface area contributed by atoms with Crippen LogP contribution in [0.2, 0.25) is 0 Å². The Morgan fingerprint density at radius 3 is 1.14 bits per heavy atom. The van der Waals surface area contributed by atoms with Crippen molar-refractivity contribution in [3.63, 3.8) is 0 Å². The van der Waals surface area contributed by atoms with Gasteiger partial charge in [-0.3, -0.25) is 0 Å². The van der Waals surface area contributed by atoms with Crippen molar-refractivity contribution in [2.75, 3.05) is 61.4 Å². The third-order valence-electron chi connectivity index (χ3n) is 1.95. The minimum Gasteiger partial charge on any atom is -0.668 e. The van der Waals surface area contributed by atoms with E-state index >= 15 is 0 Å². The van der Waals surface area contributed by atoms with Gasteiger partial charge < -0.3 is 26.2 Å². The fourth-order valence-electron chi connectivity index (χ4n) is 1.09. The molecule has 0 saturated carbocycles. The zero-order valence-electron chi connectivity index (χ0n) is 15.7. The molecule has 0 fully saturated rings. The Hall–Kier alpha value is 0.670. The van der Waals surface area contributed by atoms with Crippen molar-refractivity contribution < 1.29 is 25.8 Å². The zero-order chi connectivity index (χ0) is 16.4. The summed E-state index contributed by atoms with van der Waals surface area (Å²) in [6.45, 7) is 12.5. The van der Waals surface area contributed by atoms with Crippen LogP contribution < -0.4 is 0 Å². The molecule has 0 atom stereocenters. The average Bonchev–Trinajstić information content (AvgIpc) is 2.30. The molecule has 126 valence electrons. The summed E-state index contributed by atoms with van der Waals surface area (Å²) < 4.78 is 0. The first-order valence-corrected chi connectivity index (χ1v) is 7.33. The van der Waals surface area contributed by atoms with Crippen LogP contribution in [0.15, 0.2) is 0 Å². The maximum Gasteiger partial charge on any atom is 4.00 e. The first-order chi connectivity index (χ1) is 9.35. The van der Waals surface area contributed by atoms with Gasteiger partial charge in [-0.15, -0.1) is 25.2 Å². The van der Waals surface area contributed by atoms with E-state index in [1.54, 1.807) is 28.2 Å². The number of hydrogen-bond acceptors (Lipinski definition) is 1. The van der Waals surface area contributed by atoms with Gasteiger partial charge in [0.15, 0.2) is 0 Å². The number of hydrogen-bond donors (Lipinski definition) is 0. The predicted octanol–water partition coefficient (Wildman–Crippen LogP) is 3.72. The monoisotopic (exact) mass is 467 g/mol. The van der Waals surface area contributed by atoms with Crippen LogP contribution in [-0.4, -0.2) is 78.4 Å². The van der Waals surface area contributed by atoms with Gasteiger partial charge in [-0.1, -0.05) is 27.7 Å². The molecule has 0 rings (SSSR count). The quantitative estimate of drug-likeness (QED) is 0.504. The van der Waals surface area contributed by atoms with E-state index in [9.17, 15) is 0 Å². The van der Waals surface area contributed by atoms with E-state index < -0.39 is 0 Å². The van der Waals surface area contributed by atoms with Crippen molar-refractivity contribution >= 4 is 0 Å². The average molecular weight is 466 g/mol. The van der Waals surface area contributed by atoms with Crippen LogP contribution in [0.1, 0.15) is 27.7 Å². The van der Waals surface area contributed by atoms with Crippen LogP contribution in [0.5, 0.6) is 0 Å². The van der Waals surface area contributed by atoms with Gasteiger partial charge in [0.1, 0.15) is 0 Å². The normalized spacial score (nSPS) is 9.71. The molecule has 0 unspecified atom stereocenters. The molecule has 5 nitrogen and oxygen atoms in total. The van der Waals surface area contributed by atoms with Crippen molar-refractivity contribution in [3.05, 3.63) is 21.3 Å². The maximum absolute atomic E-state index is 4.44. The Morgan fingerprint density at radius 2 is 0.952 bits per heavy atom. The van der Waals surface area contributed by atoms with Crippen LogP contribution in [0.3, 0.4) is 0 Å². The molecule has 0 saturated heterocycles. The number of likely N-dealkylation sites (N-methyl/N-ethyl adjacent to an activating group) is 1. The van der Waals surface area contributed by atoms with E-state index in [2.05, 4.69) is 60.9 Å². The van der Waals surface area contributed by atoms with Gasteiger partial charge in [0.2, 0.25) is 0 Å². The first kappa shape index (κ1) is 29.7. The molecule has 0 aliphatic heterocycles. The van der Waals surface area contributed by atoms with Crippen molar-refractivity contribution in [2.45, 2.75) is 39.8 Å². The molecule has 0 spiro atoms. The van der Waals surface area contributed by atoms with Gasteiger partial charge in [-0.05, 0) is 20.1 Å². The molecular formula is C15H37HfN5. The third kappa shape index (κ3) is 44.9. The molecule has 0 aromatic rings. The second-order valence-corrected chi connectivity index (χ2v) is 5.20. The van der Waals surface area contributed by atoms with Gasteiger partial charge in [0.25, 0.3) is 0 Å². The molecule has 0 N–H and O–H groups in total. The second-order valence-electron chi connectivity index (χ2n) is 5.20. The van der Waals surface area contributed by atoms with E-state index in [0.717, 1.165) is 26.2 Å². The molecular weight excluding hydrogens is 429 g/mol. The molecule has 0 aromatic heterocycles. The topological polar surface area (TPSA) is 59.6 Å². The number of rotatable bonds is 8.